The van der Waals surface area contributed by atoms with E-state index in [9.17, 15) is 0 Å². The van der Waals surface area contributed by atoms with Gasteiger partial charge in [0.25, 0.3) is 0 Å². The van der Waals surface area contributed by atoms with E-state index < -0.39 is 0 Å². The van der Waals surface area contributed by atoms with Crippen LogP contribution in [0.2, 0.25) is 0 Å². The molecule has 1 aliphatic rings. The number of rotatable bonds is 1. The first-order chi connectivity index (χ1) is 5.08. The molecule has 0 spiro atoms. The fourth-order valence-electron chi connectivity index (χ4n) is 2.48. The maximum absolute atomic E-state index is 2.47. The molecule has 0 amide bonds. The Kier molecular flexibility index (Phi) is 4.30. The Morgan fingerprint density at radius 1 is 1.25 bits per heavy atom. The van der Waals surface area contributed by atoms with Crippen LogP contribution in [0.4, 0.5) is 0 Å². The van der Waals surface area contributed by atoms with Gasteiger partial charge in [-0.25, -0.2) is 0 Å². The fraction of sp³-hybridized carbons (Fsp3) is 1.00. The minimum absolute atomic E-state index is 0. The van der Waals surface area contributed by atoms with E-state index in [0.29, 0.717) is 5.41 Å². The van der Waals surface area contributed by atoms with Gasteiger partial charge in [0.1, 0.15) is 0 Å². The van der Waals surface area contributed by atoms with Crippen molar-refractivity contribution in [2.24, 2.45) is 17.3 Å². The van der Waals surface area contributed by atoms with Gasteiger partial charge in [0.2, 0.25) is 0 Å². The molecule has 0 radical (unpaired) electrons. The van der Waals surface area contributed by atoms with Gasteiger partial charge in [0, 0.05) is 0 Å². The Morgan fingerprint density at radius 3 is 2.25 bits per heavy atom. The van der Waals surface area contributed by atoms with Crippen LogP contribution in [0.1, 0.15) is 60.8 Å². The Balaban J connectivity index is 0.00000121. The second kappa shape index (κ2) is 4.30. The van der Waals surface area contributed by atoms with E-state index in [2.05, 4.69) is 27.7 Å². The number of hydrogen-bond acceptors (Lipinski definition) is 0. The fourth-order valence-corrected chi connectivity index (χ4v) is 2.48. The zero-order valence-corrected chi connectivity index (χ0v) is 8.48. The molecule has 1 aliphatic carbocycles. The molecule has 0 heteroatoms. The maximum Gasteiger partial charge on any atom is -0.0300 e. The highest BCUT2D eigenvalue weighted by Gasteiger charge is 2.34. The lowest BCUT2D eigenvalue weighted by Gasteiger charge is -2.42. The Labute approximate surface area is 78.8 Å². The monoisotopic (exact) mass is 170 g/mol. The predicted octanol–water partition coefficient (Wildman–Crippen LogP) is 4.49. The third-order valence-electron chi connectivity index (χ3n) is 3.90. The average molecular weight is 170 g/mol. The van der Waals surface area contributed by atoms with Crippen molar-refractivity contribution < 1.29 is 0 Å². The summed E-state index contributed by atoms with van der Waals surface area (Å²) in [6, 6.07) is 0. The lowest BCUT2D eigenvalue weighted by molar-refractivity contribution is 0.0901. The van der Waals surface area contributed by atoms with Crippen LogP contribution in [0.15, 0.2) is 0 Å². The van der Waals surface area contributed by atoms with Crippen LogP contribution in [0.25, 0.3) is 0 Å². The first-order valence-electron chi connectivity index (χ1n) is 5.08. The van der Waals surface area contributed by atoms with Crippen LogP contribution in [0.3, 0.4) is 0 Å². The second-order valence-corrected chi connectivity index (χ2v) is 4.80. The van der Waals surface area contributed by atoms with Crippen molar-refractivity contribution in [3.63, 3.8) is 0 Å². The minimum atomic E-state index is 0. The lowest BCUT2D eigenvalue weighted by Crippen LogP contribution is -2.31. The maximum atomic E-state index is 2.47. The quantitative estimate of drug-likeness (QED) is 0.543. The standard InChI is InChI=1S/C11H22.CH4/c1-5-11(4)8-9(2)6-7-10(11)3;/h9-10H,5-8H2,1-4H3;1H4. The van der Waals surface area contributed by atoms with Crippen molar-refractivity contribution >= 4 is 0 Å². The molecule has 0 bridgehead atoms. The summed E-state index contributed by atoms with van der Waals surface area (Å²) in [5.74, 6) is 1.92. The summed E-state index contributed by atoms with van der Waals surface area (Å²) in [5, 5.41) is 0. The second-order valence-electron chi connectivity index (χ2n) is 4.80. The van der Waals surface area contributed by atoms with Gasteiger partial charge in [-0.3, -0.25) is 0 Å². The van der Waals surface area contributed by atoms with E-state index in [1.54, 1.807) is 0 Å². The van der Waals surface area contributed by atoms with E-state index in [1.807, 2.05) is 0 Å². The molecular weight excluding hydrogens is 144 g/mol. The van der Waals surface area contributed by atoms with Crippen molar-refractivity contribution in [3.8, 4) is 0 Å². The highest BCUT2D eigenvalue weighted by atomic mass is 14.4. The van der Waals surface area contributed by atoms with Crippen LogP contribution in [0, 0.1) is 17.3 Å². The molecule has 1 saturated carbocycles. The Hall–Kier alpha value is 0. The molecule has 3 unspecified atom stereocenters. The zero-order valence-electron chi connectivity index (χ0n) is 8.48. The normalized spacial score (nSPS) is 42.0. The van der Waals surface area contributed by atoms with Crippen molar-refractivity contribution in [2.75, 3.05) is 0 Å². The molecule has 0 N–H and O–H groups in total. The summed E-state index contributed by atoms with van der Waals surface area (Å²) in [6.07, 6.45) is 5.71. The zero-order chi connectivity index (χ0) is 8.48. The van der Waals surface area contributed by atoms with Crippen LogP contribution < -0.4 is 0 Å². The van der Waals surface area contributed by atoms with E-state index >= 15 is 0 Å². The van der Waals surface area contributed by atoms with Crippen molar-refractivity contribution in [2.45, 2.75) is 60.8 Å². The van der Waals surface area contributed by atoms with Crippen molar-refractivity contribution in [1.29, 1.82) is 0 Å². The molecule has 0 aromatic carbocycles. The van der Waals surface area contributed by atoms with E-state index in [4.69, 9.17) is 0 Å². The van der Waals surface area contributed by atoms with E-state index in [0.717, 1.165) is 11.8 Å². The molecule has 12 heavy (non-hydrogen) atoms. The molecule has 0 heterocycles. The molecule has 0 saturated heterocycles. The third kappa shape index (κ3) is 2.24. The Bertz CT molecular complexity index is 128. The van der Waals surface area contributed by atoms with Gasteiger partial charge >= 0.3 is 0 Å². The average Bonchev–Trinajstić information content (AvgIpc) is 1.98. The van der Waals surface area contributed by atoms with Gasteiger partial charge < -0.3 is 0 Å². The highest BCUT2D eigenvalue weighted by molar-refractivity contribution is 4.85. The molecule has 74 valence electrons. The van der Waals surface area contributed by atoms with Crippen molar-refractivity contribution in [1.82, 2.24) is 0 Å². The Morgan fingerprint density at radius 2 is 1.83 bits per heavy atom. The number of hydrogen-bond donors (Lipinski definition) is 0. The first-order valence-corrected chi connectivity index (χ1v) is 5.08. The minimum Gasteiger partial charge on any atom is -0.0776 e. The summed E-state index contributed by atoms with van der Waals surface area (Å²) < 4.78 is 0. The molecule has 0 aromatic heterocycles. The topological polar surface area (TPSA) is 0 Å². The summed E-state index contributed by atoms with van der Waals surface area (Å²) in [7, 11) is 0. The van der Waals surface area contributed by atoms with Crippen LogP contribution >= 0.6 is 0 Å². The summed E-state index contributed by atoms with van der Waals surface area (Å²) >= 11 is 0. The molecule has 0 aliphatic heterocycles. The van der Waals surface area contributed by atoms with E-state index in [1.165, 1.54) is 25.7 Å². The lowest BCUT2D eigenvalue weighted by atomic mass is 9.64. The van der Waals surface area contributed by atoms with Gasteiger partial charge in [-0.2, -0.15) is 0 Å². The van der Waals surface area contributed by atoms with Gasteiger partial charge in [-0.15, -0.1) is 0 Å². The SMILES string of the molecule is C.CCC1(C)CC(C)CCC1C. The molecule has 0 aromatic rings. The molecule has 0 nitrogen and oxygen atoms in total. The first kappa shape index (κ1) is 12.0. The van der Waals surface area contributed by atoms with Crippen molar-refractivity contribution in [3.05, 3.63) is 0 Å². The summed E-state index contributed by atoms with van der Waals surface area (Å²) in [5.41, 5.74) is 0.650. The largest absolute Gasteiger partial charge is 0.0776 e. The van der Waals surface area contributed by atoms with Crippen LogP contribution in [-0.2, 0) is 0 Å². The predicted molar refractivity (Wildman–Crippen MR) is 57.3 cm³/mol. The van der Waals surface area contributed by atoms with Gasteiger partial charge in [-0.05, 0) is 30.1 Å². The summed E-state index contributed by atoms with van der Waals surface area (Å²) in [6.45, 7) is 9.64. The third-order valence-corrected chi connectivity index (χ3v) is 3.90. The van der Waals surface area contributed by atoms with Crippen LogP contribution in [-0.4, -0.2) is 0 Å². The van der Waals surface area contributed by atoms with Crippen LogP contribution in [0.5, 0.6) is 0 Å². The highest BCUT2D eigenvalue weighted by Crippen LogP contribution is 2.45. The molecular formula is C12H26. The molecule has 3 atom stereocenters. The molecule has 1 fully saturated rings. The molecule has 1 rings (SSSR count). The van der Waals surface area contributed by atoms with E-state index in [-0.39, 0.29) is 7.43 Å². The smallest absolute Gasteiger partial charge is 0.0300 e. The van der Waals surface area contributed by atoms with Gasteiger partial charge in [0.05, 0.1) is 0 Å². The summed E-state index contributed by atoms with van der Waals surface area (Å²) in [4.78, 5) is 0. The van der Waals surface area contributed by atoms with Gasteiger partial charge in [0.15, 0.2) is 0 Å². The van der Waals surface area contributed by atoms with Gasteiger partial charge in [-0.1, -0.05) is 48.0 Å².